The molecule has 0 amide bonds. The first kappa shape index (κ1) is 9.20. The van der Waals surface area contributed by atoms with Crippen molar-refractivity contribution in [2.24, 2.45) is 5.73 Å². The molecule has 72 valence electrons. The van der Waals surface area contributed by atoms with Gasteiger partial charge in [0.05, 0.1) is 30.3 Å². The zero-order valence-electron chi connectivity index (χ0n) is 7.86. The van der Waals surface area contributed by atoms with Crippen molar-refractivity contribution in [1.29, 1.82) is 5.26 Å². The van der Waals surface area contributed by atoms with Gasteiger partial charge in [-0.2, -0.15) is 5.26 Å². The highest BCUT2D eigenvalue weighted by Gasteiger charge is 2.38. The minimum Gasteiger partial charge on any atom is -0.379 e. The molecule has 0 aromatic heterocycles. The van der Waals surface area contributed by atoms with E-state index in [2.05, 4.69) is 6.07 Å². The molecule has 0 saturated carbocycles. The topological polar surface area (TPSA) is 59.0 Å². The molecule has 3 heteroatoms. The lowest BCUT2D eigenvalue weighted by atomic mass is 9.78. The zero-order valence-corrected chi connectivity index (χ0v) is 7.86. The maximum atomic E-state index is 8.78. The quantitative estimate of drug-likeness (QED) is 0.746. The summed E-state index contributed by atoms with van der Waals surface area (Å²) in [5.74, 6) is 0. The van der Waals surface area contributed by atoms with Gasteiger partial charge >= 0.3 is 0 Å². The minimum atomic E-state index is -0.0487. The zero-order chi connectivity index (χ0) is 10.0. The van der Waals surface area contributed by atoms with Crippen LogP contribution >= 0.6 is 0 Å². The minimum absolute atomic E-state index is 0.0487. The summed E-state index contributed by atoms with van der Waals surface area (Å²) in [5, 5.41) is 8.78. The predicted molar refractivity (Wildman–Crippen MR) is 52.7 cm³/mol. The molecule has 1 aromatic carbocycles. The fourth-order valence-electron chi connectivity index (χ4n) is 1.67. The van der Waals surface area contributed by atoms with Gasteiger partial charge in [0.15, 0.2) is 0 Å². The number of nitrogens with zero attached hydrogens (tertiary/aromatic N) is 1. The van der Waals surface area contributed by atoms with Crippen LogP contribution in [0.3, 0.4) is 0 Å². The molecule has 1 aliphatic heterocycles. The molecular formula is C11H12N2O. The summed E-state index contributed by atoms with van der Waals surface area (Å²) < 4.78 is 5.19. The SMILES string of the molecule is N#Cc1cccc(C2(CN)COC2)c1. The molecule has 0 unspecified atom stereocenters. The average molecular weight is 188 g/mol. The van der Waals surface area contributed by atoms with E-state index in [1.807, 2.05) is 18.2 Å². The van der Waals surface area contributed by atoms with Crippen LogP contribution in [0.5, 0.6) is 0 Å². The molecule has 2 N–H and O–H groups in total. The summed E-state index contributed by atoms with van der Waals surface area (Å²) in [6, 6.07) is 9.73. The fourth-order valence-corrected chi connectivity index (χ4v) is 1.67. The highest BCUT2D eigenvalue weighted by molar-refractivity contribution is 5.38. The second kappa shape index (κ2) is 3.41. The Bertz CT molecular complexity index is 372. The van der Waals surface area contributed by atoms with Gasteiger partial charge in [-0.15, -0.1) is 0 Å². The average Bonchev–Trinajstić information content (AvgIpc) is 2.18. The van der Waals surface area contributed by atoms with E-state index < -0.39 is 0 Å². The standard InChI is InChI=1S/C11H12N2O/c12-5-9-2-1-3-10(4-9)11(6-13)7-14-8-11/h1-4H,6-8,13H2. The summed E-state index contributed by atoms with van der Waals surface area (Å²) in [6.07, 6.45) is 0. The molecule has 0 spiro atoms. The Hall–Kier alpha value is -1.37. The molecule has 0 aliphatic carbocycles. The first-order chi connectivity index (χ1) is 6.80. The van der Waals surface area contributed by atoms with E-state index >= 15 is 0 Å². The van der Waals surface area contributed by atoms with Crippen LogP contribution in [-0.4, -0.2) is 19.8 Å². The number of hydrogen-bond donors (Lipinski definition) is 1. The van der Waals surface area contributed by atoms with Gasteiger partial charge in [-0.05, 0) is 17.7 Å². The van der Waals surface area contributed by atoms with Crippen molar-refractivity contribution in [3.05, 3.63) is 35.4 Å². The van der Waals surface area contributed by atoms with Crippen molar-refractivity contribution >= 4 is 0 Å². The molecule has 1 saturated heterocycles. The lowest BCUT2D eigenvalue weighted by Gasteiger charge is -2.41. The third kappa shape index (κ3) is 1.29. The van der Waals surface area contributed by atoms with Crippen LogP contribution in [0, 0.1) is 11.3 Å². The smallest absolute Gasteiger partial charge is 0.0991 e. The Labute approximate surface area is 83.1 Å². The normalized spacial score (nSPS) is 18.3. The van der Waals surface area contributed by atoms with Crippen molar-refractivity contribution in [3.8, 4) is 6.07 Å². The molecule has 1 aromatic rings. The number of benzene rings is 1. The third-order valence-corrected chi connectivity index (χ3v) is 2.75. The number of hydrogen-bond acceptors (Lipinski definition) is 3. The van der Waals surface area contributed by atoms with Gasteiger partial charge in [-0.1, -0.05) is 12.1 Å². The second-order valence-corrected chi connectivity index (χ2v) is 3.67. The molecule has 1 fully saturated rings. The van der Waals surface area contributed by atoms with E-state index in [4.69, 9.17) is 15.7 Å². The highest BCUT2D eigenvalue weighted by atomic mass is 16.5. The third-order valence-electron chi connectivity index (χ3n) is 2.75. The first-order valence-electron chi connectivity index (χ1n) is 4.59. The molecule has 14 heavy (non-hydrogen) atoms. The molecular weight excluding hydrogens is 176 g/mol. The van der Waals surface area contributed by atoms with Crippen LogP contribution in [0.25, 0.3) is 0 Å². The number of rotatable bonds is 2. The van der Waals surface area contributed by atoms with Gasteiger partial charge in [-0.25, -0.2) is 0 Å². The summed E-state index contributed by atoms with van der Waals surface area (Å²) in [6.45, 7) is 1.90. The summed E-state index contributed by atoms with van der Waals surface area (Å²) >= 11 is 0. The van der Waals surface area contributed by atoms with Gasteiger partial charge in [0.25, 0.3) is 0 Å². The number of nitriles is 1. The molecule has 0 atom stereocenters. The predicted octanol–water partition coefficient (Wildman–Crippen LogP) is 0.785. The summed E-state index contributed by atoms with van der Waals surface area (Å²) in [4.78, 5) is 0. The van der Waals surface area contributed by atoms with E-state index in [1.165, 1.54) is 0 Å². The lowest BCUT2D eigenvalue weighted by Crippen LogP contribution is -2.52. The second-order valence-electron chi connectivity index (χ2n) is 3.67. The molecule has 1 aliphatic rings. The molecule has 0 radical (unpaired) electrons. The first-order valence-corrected chi connectivity index (χ1v) is 4.59. The van der Waals surface area contributed by atoms with Crippen molar-refractivity contribution in [3.63, 3.8) is 0 Å². The van der Waals surface area contributed by atoms with Crippen molar-refractivity contribution in [1.82, 2.24) is 0 Å². The maximum Gasteiger partial charge on any atom is 0.0991 e. The largest absolute Gasteiger partial charge is 0.379 e. The van der Waals surface area contributed by atoms with Gasteiger partial charge in [0.1, 0.15) is 0 Å². The van der Waals surface area contributed by atoms with E-state index in [9.17, 15) is 0 Å². The van der Waals surface area contributed by atoms with Crippen molar-refractivity contribution in [2.45, 2.75) is 5.41 Å². The number of ether oxygens (including phenoxy) is 1. The highest BCUT2D eigenvalue weighted by Crippen LogP contribution is 2.31. The monoisotopic (exact) mass is 188 g/mol. The van der Waals surface area contributed by atoms with Crippen molar-refractivity contribution in [2.75, 3.05) is 19.8 Å². The van der Waals surface area contributed by atoms with Crippen LogP contribution < -0.4 is 5.73 Å². The molecule has 2 rings (SSSR count). The Kier molecular flexibility index (Phi) is 2.24. The van der Waals surface area contributed by atoms with Crippen LogP contribution in [0.4, 0.5) is 0 Å². The Morgan fingerprint density at radius 2 is 2.29 bits per heavy atom. The fraction of sp³-hybridized carbons (Fsp3) is 0.364. The van der Waals surface area contributed by atoms with E-state index in [0.717, 1.165) is 5.56 Å². The lowest BCUT2D eigenvalue weighted by molar-refractivity contribution is -0.0550. The van der Waals surface area contributed by atoms with Crippen molar-refractivity contribution < 1.29 is 4.74 Å². The molecule has 3 nitrogen and oxygen atoms in total. The van der Waals surface area contributed by atoms with E-state index in [1.54, 1.807) is 6.07 Å². The Morgan fingerprint density at radius 3 is 2.79 bits per heavy atom. The Balaban J connectivity index is 2.36. The van der Waals surface area contributed by atoms with Gasteiger partial charge < -0.3 is 10.5 Å². The maximum absolute atomic E-state index is 8.78. The van der Waals surface area contributed by atoms with Gasteiger partial charge in [0.2, 0.25) is 0 Å². The molecule has 1 heterocycles. The van der Waals surface area contributed by atoms with Gasteiger partial charge in [-0.3, -0.25) is 0 Å². The summed E-state index contributed by atoms with van der Waals surface area (Å²) in [5.41, 5.74) is 7.48. The van der Waals surface area contributed by atoms with E-state index in [0.29, 0.717) is 25.3 Å². The Morgan fingerprint density at radius 1 is 1.50 bits per heavy atom. The van der Waals surface area contributed by atoms with Crippen LogP contribution in [0.1, 0.15) is 11.1 Å². The molecule has 0 bridgehead atoms. The van der Waals surface area contributed by atoms with E-state index in [-0.39, 0.29) is 5.41 Å². The summed E-state index contributed by atoms with van der Waals surface area (Å²) in [7, 11) is 0. The number of nitrogens with two attached hydrogens (primary N) is 1. The van der Waals surface area contributed by atoms with Crippen LogP contribution in [0.2, 0.25) is 0 Å². The van der Waals surface area contributed by atoms with Crippen LogP contribution in [0.15, 0.2) is 24.3 Å². The van der Waals surface area contributed by atoms with Crippen LogP contribution in [-0.2, 0) is 10.2 Å². The van der Waals surface area contributed by atoms with Gasteiger partial charge in [0, 0.05) is 6.54 Å².